The summed E-state index contributed by atoms with van der Waals surface area (Å²) in [5.74, 6) is 0. The molecular formula is C16H14O3S. The van der Waals surface area contributed by atoms with E-state index < -0.39 is 10.1 Å². The van der Waals surface area contributed by atoms with Crippen molar-refractivity contribution < 1.29 is 12.6 Å². The molecule has 0 aliphatic rings. The fourth-order valence-electron chi connectivity index (χ4n) is 1.51. The molecule has 20 heavy (non-hydrogen) atoms. The van der Waals surface area contributed by atoms with Gasteiger partial charge in [0.05, 0.1) is 5.41 Å². The second kappa shape index (κ2) is 6.73. The molecule has 0 saturated carbocycles. The number of benzene rings is 2. The van der Waals surface area contributed by atoms with Crippen molar-refractivity contribution in [3.63, 3.8) is 0 Å². The first-order valence-electron chi connectivity index (χ1n) is 6.04. The maximum absolute atomic E-state index is 11.6. The van der Waals surface area contributed by atoms with Gasteiger partial charge in [-0.2, -0.15) is 8.42 Å². The molecule has 2 aromatic carbocycles. The molecule has 3 nitrogen and oxygen atoms in total. The van der Waals surface area contributed by atoms with Crippen LogP contribution in [0.5, 0.6) is 0 Å². The maximum atomic E-state index is 11.6. The van der Waals surface area contributed by atoms with Crippen LogP contribution in [0.15, 0.2) is 72.3 Å². The zero-order chi connectivity index (χ0) is 14.3. The molecule has 4 heteroatoms. The van der Waals surface area contributed by atoms with Gasteiger partial charge >= 0.3 is 10.1 Å². The predicted octanol–water partition coefficient (Wildman–Crippen LogP) is 3.67. The highest BCUT2D eigenvalue weighted by molar-refractivity contribution is 7.89. The first-order valence-corrected chi connectivity index (χ1v) is 7.51. The summed E-state index contributed by atoms with van der Waals surface area (Å²) in [6, 6.07) is 18.5. The van der Waals surface area contributed by atoms with Crippen LogP contribution in [-0.4, -0.2) is 8.42 Å². The van der Waals surface area contributed by atoms with E-state index in [1.807, 2.05) is 60.7 Å². The van der Waals surface area contributed by atoms with Gasteiger partial charge in [0.1, 0.15) is 6.26 Å². The Labute approximate surface area is 119 Å². The summed E-state index contributed by atoms with van der Waals surface area (Å²) in [5, 5.41) is 1.04. The molecule has 2 aromatic rings. The maximum Gasteiger partial charge on any atom is 0.331 e. The fraction of sp³-hybridized carbons (Fsp3) is 0. The van der Waals surface area contributed by atoms with Crippen LogP contribution < -0.4 is 0 Å². The van der Waals surface area contributed by atoms with Gasteiger partial charge in [-0.3, -0.25) is 0 Å². The molecule has 0 N–H and O–H groups in total. The predicted molar refractivity (Wildman–Crippen MR) is 81.0 cm³/mol. The third kappa shape index (κ3) is 4.74. The lowest BCUT2D eigenvalue weighted by Gasteiger charge is -1.97. The highest BCUT2D eigenvalue weighted by Crippen LogP contribution is 2.07. The molecule has 0 unspecified atom stereocenters. The number of hydrogen-bond donors (Lipinski definition) is 0. The van der Waals surface area contributed by atoms with Crippen molar-refractivity contribution in [1.82, 2.24) is 0 Å². The largest absolute Gasteiger partial charge is 0.387 e. The highest BCUT2D eigenvalue weighted by Gasteiger charge is 2.02. The van der Waals surface area contributed by atoms with Gasteiger partial charge in [-0.05, 0) is 23.3 Å². The van der Waals surface area contributed by atoms with Crippen LogP contribution >= 0.6 is 0 Å². The lowest BCUT2D eigenvalue weighted by atomic mass is 10.2. The zero-order valence-corrected chi connectivity index (χ0v) is 11.5. The van der Waals surface area contributed by atoms with Gasteiger partial charge in [-0.25, -0.2) is 0 Å². The van der Waals surface area contributed by atoms with Crippen molar-refractivity contribution in [3.8, 4) is 0 Å². The Kier molecular flexibility index (Phi) is 4.74. The quantitative estimate of drug-likeness (QED) is 0.622. The summed E-state index contributed by atoms with van der Waals surface area (Å²) in [6.07, 6.45) is 4.25. The van der Waals surface area contributed by atoms with Crippen LogP contribution in [0.1, 0.15) is 11.1 Å². The summed E-state index contributed by atoms with van der Waals surface area (Å²) >= 11 is 0. The van der Waals surface area contributed by atoms with E-state index in [4.69, 9.17) is 4.18 Å². The van der Waals surface area contributed by atoms with E-state index in [-0.39, 0.29) is 0 Å². The third-order valence-corrected chi connectivity index (χ3v) is 3.33. The number of hydrogen-bond acceptors (Lipinski definition) is 3. The SMILES string of the molecule is O=S(=O)(C=Cc1ccccc1)OC=Cc1ccccc1. The van der Waals surface area contributed by atoms with Crippen LogP contribution in [0.3, 0.4) is 0 Å². The van der Waals surface area contributed by atoms with Gasteiger partial charge in [0.15, 0.2) is 0 Å². The molecule has 0 bridgehead atoms. The normalized spacial score (nSPS) is 12.0. The smallest absolute Gasteiger partial charge is 0.331 e. The van der Waals surface area contributed by atoms with E-state index in [1.165, 1.54) is 12.3 Å². The molecule has 0 aromatic heterocycles. The van der Waals surface area contributed by atoms with E-state index in [0.29, 0.717) is 0 Å². The Morgan fingerprint density at radius 2 is 1.25 bits per heavy atom. The summed E-state index contributed by atoms with van der Waals surface area (Å²) in [4.78, 5) is 0. The standard InChI is InChI=1S/C16H14O3S/c17-20(18,14-12-16-9-5-2-6-10-16)19-13-11-15-7-3-1-4-8-15/h1-14H. The van der Waals surface area contributed by atoms with Crippen molar-refractivity contribution in [3.05, 3.63) is 83.5 Å². The van der Waals surface area contributed by atoms with Gasteiger partial charge in [0.2, 0.25) is 0 Å². The first kappa shape index (κ1) is 14.1. The fourth-order valence-corrected chi connectivity index (χ4v) is 2.10. The topological polar surface area (TPSA) is 43.4 Å². The molecule has 102 valence electrons. The van der Waals surface area contributed by atoms with Gasteiger partial charge in [-0.1, -0.05) is 60.7 Å². The Morgan fingerprint density at radius 1 is 0.750 bits per heavy atom. The van der Waals surface area contributed by atoms with E-state index in [1.54, 1.807) is 6.08 Å². The van der Waals surface area contributed by atoms with Crippen molar-refractivity contribution in [2.45, 2.75) is 0 Å². The molecule has 2 rings (SSSR count). The van der Waals surface area contributed by atoms with Crippen molar-refractivity contribution >= 4 is 22.3 Å². The Bertz CT molecular complexity index is 687. The average molecular weight is 286 g/mol. The highest BCUT2D eigenvalue weighted by atomic mass is 32.2. The van der Waals surface area contributed by atoms with E-state index in [2.05, 4.69) is 0 Å². The average Bonchev–Trinajstić information content (AvgIpc) is 2.47. The van der Waals surface area contributed by atoms with Gasteiger partial charge in [0.25, 0.3) is 0 Å². The summed E-state index contributed by atoms with van der Waals surface area (Å²) in [7, 11) is -3.72. The van der Waals surface area contributed by atoms with Crippen molar-refractivity contribution in [2.75, 3.05) is 0 Å². The summed E-state index contributed by atoms with van der Waals surface area (Å²) in [5.41, 5.74) is 1.67. The van der Waals surface area contributed by atoms with Gasteiger partial charge < -0.3 is 4.18 Å². The zero-order valence-electron chi connectivity index (χ0n) is 10.7. The number of rotatable bonds is 5. The Balaban J connectivity index is 1.98. The monoisotopic (exact) mass is 286 g/mol. The Hall–Kier alpha value is -2.33. The van der Waals surface area contributed by atoms with Gasteiger partial charge in [-0.15, -0.1) is 0 Å². The van der Waals surface area contributed by atoms with Crippen LogP contribution in [-0.2, 0) is 14.3 Å². The van der Waals surface area contributed by atoms with Crippen LogP contribution in [0.2, 0.25) is 0 Å². The molecule has 0 aliphatic heterocycles. The third-order valence-electron chi connectivity index (χ3n) is 2.48. The molecule has 0 radical (unpaired) electrons. The second-order valence-corrected chi connectivity index (χ2v) is 5.47. The van der Waals surface area contributed by atoms with Crippen molar-refractivity contribution in [1.29, 1.82) is 0 Å². The van der Waals surface area contributed by atoms with E-state index >= 15 is 0 Å². The lowest BCUT2D eigenvalue weighted by Crippen LogP contribution is -1.95. The molecule has 0 fully saturated rings. The van der Waals surface area contributed by atoms with Gasteiger partial charge in [0, 0.05) is 0 Å². The summed E-state index contributed by atoms with van der Waals surface area (Å²) in [6.45, 7) is 0. The molecule has 0 saturated heterocycles. The van der Waals surface area contributed by atoms with Crippen LogP contribution in [0, 0.1) is 0 Å². The minimum atomic E-state index is -3.72. The second-order valence-electron chi connectivity index (χ2n) is 4.02. The minimum absolute atomic E-state index is 0.798. The lowest BCUT2D eigenvalue weighted by molar-refractivity contribution is 0.456. The molecule has 0 heterocycles. The van der Waals surface area contributed by atoms with E-state index in [9.17, 15) is 8.42 Å². The van der Waals surface area contributed by atoms with Crippen LogP contribution in [0.4, 0.5) is 0 Å². The Morgan fingerprint density at radius 3 is 1.80 bits per heavy atom. The molecule has 0 atom stereocenters. The molecule has 0 amide bonds. The summed E-state index contributed by atoms with van der Waals surface area (Å²) < 4.78 is 28.0. The molecular weight excluding hydrogens is 272 g/mol. The minimum Gasteiger partial charge on any atom is -0.387 e. The van der Waals surface area contributed by atoms with E-state index in [0.717, 1.165) is 16.5 Å². The van der Waals surface area contributed by atoms with Crippen LogP contribution in [0.25, 0.3) is 12.2 Å². The molecule has 0 spiro atoms. The van der Waals surface area contributed by atoms with Crippen molar-refractivity contribution in [2.24, 2.45) is 0 Å². The first-order chi connectivity index (χ1) is 9.66. The molecule has 0 aliphatic carbocycles.